The van der Waals surface area contributed by atoms with Crippen LogP contribution in [0.2, 0.25) is 0 Å². The summed E-state index contributed by atoms with van der Waals surface area (Å²) in [4.78, 5) is 42.5. The summed E-state index contributed by atoms with van der Waals surface area (Å²) in [6, 6.07) is 0. The van der Waals surface area contributed by atoms with Crippen molar-refractivity contribution in [2.45, 2.75) is 39.8 Å². The van der Waals surface area contributed by atoms with Gasteiger partial charge in [0.1, 0.15) is 12.4 Å². The second-order valence-electron chi connectivity index (χ2n) is 5.52. The van der Waals surface area contributed by atoms with Gasteiger partial charge in [0, 0.05) is 19.7 Å². The van der Waals surface area contributed by atoms with Crippen molar-refractivity contribution in [3.05, 3.63) is 51.0 Å². The number of nitrogens with one attached hydrogen (secondary N) is 1. The Morgan fingerprint density at radius 3 is 2.76 bits per heavy atom. The third kappa shape index (κ3) is 4.14. The number of ether oxygens (including phenoxy) is 1. The number of carbonyl (C=O) groups excluding carboxylic acids is 1. The van der Waals surface area contributed by atoms with E-state index >= 15 is 0 Å². The Labute approximate surface area is 144 Å². The number of H-pyrrole nitrogens is 1. The highest BCUT2D eigenvalue weighted by Gasteiger charge is 2.16. The Bertz CT molecular complexity index is 930. The first kappa shape index (κ1) is 18.4. The van der Waals surface area contributed by atoms with Gasteiger partial charge in [-0.3, -0.25) is 14.3 Å². The maximum Gasteiger partial charge on any atom is 0.331 e. The van der Waals surface area contributed by atoms with Crippen molar-refractivity contribution in [1.29, 1.82) is 0 Å². The minimum atomic E-state index is -0.512. The number of aryl methyl sites for hydroxylation is 2. The van der Waals surface area contributed by atoms with Gasteiger partial charge < -0.3 is 9.30 Å². The third-order valence-corrected chi connectivity index (χ3v) is 3.72. The predicted octanol–water partition coefficient (Wildman–Crippen LogP) is 1.40. The molecule has 0 aliphatic carbocycles. The Morgan fingerprint density at radius 1 is 1.32 bits per heavy atom. The quantitative estimate of drug-likeness (QED) is 0.464. The molecule has 2 rings (SSSR count). The minimum absolute atomic E-state index is 0.0917. The van der Waals surface area contributed by atoms with E-state index in [1.165, 1.54) is 10.6 Å². The second kappa shape index (κ2) is 8.27. The molecule has 0 saturated carbocycles. The van der Waals surface area contributed by atoms with Crippen LogP contribution in [0.15, 0.2) is 33.9 Å². The van der Waals surface area contributed by atoms with E-state index in [4.69, 9.17) is 4.74 Å². The Hall–Kier alpha value is -2.90. The average Bonchev–Trinajstić information content (AvgIpc) is 2.90. The summed E-state index contributed by atoms with van der Waals surface area (Å²) >= 11 is 0. The van der Waals surface area contributed by atoms with Crippen LogP contribution in [0.25, 0.3) is 11.2 Å². The molecule has 0 bridgehead atoms. The number of fused-ring (bicyclic) bond motifs is 1. The van der Waals surface area contributed by atoms with Gasteiger partial charge in [0.15, 0.2) is 11.2 Å². The smallest absolute Gasteiger partial charge is 0.331 e. The molecule has 25 heavy (non-hydrogen) atoms. The standard InChI is InChI=1S/C17H22N4O4/c1-4-6-8-9-13(22)25-11-12-18-15-14(20(12)3)16(23)19-17(24)21(15)10-7-5-2/h4,6,8-9H,5,7,10-11H2,1-3H3,(H,19,23,24)/b6-4+,9-8+. The normalized spacial score (nSPS) is 11.8. The second-order valence-corrected chi connectivity index (χ2v) is 5.52. The Kier molecular flexibility index (Phi) is 6.10. The fraction of sp³-hybridized carbons (Fsp3) is 0.412. The van der Waals surface area contributed by atoms with Gasteiger partial charge >= 0.3 is 11.7 Å². The molecular weight excluding hydrogens is 324 g/mol. The summed E-state index contributed by atoms with van der Waals surface area (Å²) in [6.45, 7) is 4.22. The van der Waals surface area contributed by atoms with E-state index in [0.29, 0.717) is 18.0 Å². The maximum atomic E-state index is 12.1. The van der Waals surface area contributed by atoms with Crippen LogP contribution in [0.5, 0.6) is 0 Å². The lowest BCUT2D eigenvalue weighted by atomic mass is 10.3. The van der Waals surface area contributed by atoms with Crippen LogP contribution in [0.1, 0.15) is 32.5 Å². The number of esters is 1. The van der Waals surface area contributed by atoms with Crippen molar-refractivity contribution >= 4 is 17.1 Å². The molecule has 0 radical (unpaired) electrons. The molecule has 0 saturated heterocycles. The van der Waals surface area contributed by atoms with Crippen molar-refractivity contribution < 1.29 is 9.53 Å². The molecule has 134 valence electrons. The fourth-order valence-corrected chi connectivity index (χ4v) is 2.37. The Balaban J connectivity index is 2.34. The largest absolute Gasteiger partial charge is 0.454 e. The van der Waals surface area contributed by atoms with Gasteiger partial charge in [-0.1, -0.05) is 31.6 Å². The molecular formula is C17H22N4O4. The average molecular weight is 346 g/mol. The highest BCUT2D eigenvalue weighted by atomic mass is 16.5. The van der Waals surface area contributed by atoms with Gasteiger partial charge in [-0.05, 0) is 13.3 Å². The molecule has 0 aromatic carbocycles. The molecule has 8 nitrogen and oxygen atoms in total. The van der Waals surface area contributed by atoms with E-state index < -0.39 is 17.2 Å². The number of carbonyl (C=O) groups is 1. The number of rotatable bonds is 7. The molecule has 8 heteroatoms. The summed E-state index contributed by atoms with van der Waals surface area (Å²) in [5, 5.41) is 0. The molecule has 0 atom stereocenters. The number of aromatic amines is 1. The molecule has 2 aromatic heterocycles. The molecule has 0 unspecified atom stereocenters. The van der Waals surface area contributed by atoms with Crippen molar-refractivity contribution in [3.63, 3.8) is 0 Å². The van der Waals surface area contributed by atoms with Gasteiger partial charge in [0.25, 0.3) is 5.56 Å². The van der Waals surface area contributed by atoms with Crippen LogP contribution in [-0.2, 0) is 29.7 Å². The maximum absolute atomic E-state index is 12.1. The molecule has 0 aliphatic heterocycles. The van der Waals surface area contributed by atoms with Crippen molar-refractivity contribution in [1.82, 2.24) is 19.1 Å². The number of imidazole rings is 1. The number of unbranched alkanes of at least 4 members (excludes halogenated alkanes) is 1. The van der Waals surface area contributed by atoms with Crippen molar-refractivity contribution in [2.75, 3.05) is 0 Å². The molecule has 0 aliphatic rings. The summed E-state index contributed by atoms with van der Waals surface area (Å²) in [7, 11) is 1.65. The highest BCUT2D eigenvalue weighted by Crippen LogP contribution is 2.11. The summed E-state index contributed by atoms with van der Waals surface area (Å²) < 4.78 is 8.12. The number of hydrogen-bond donors (Lipinski definition) is 1. The van der Waals surface area contributed by atoms with Gasteiger partial charge in [-0.2, -0.15) is 0 Å². The zero-order valence-corrected chi connectivity index (χ0v) is 14.6. The lowest BCUT2D eigenvalue weighted by molar-refractivity contribution is -0.139. The zero-order chi connectivity index (χ0) is 18.4. The number of hydrogen-bond acceptors (Lipinski definition) is 5. The van der Waals surface area contributed by atoms with Gasteiger partial charge in [0.2, 0.25) is 0 Å². The van der Waals surface area contributed by atoms with Gasteiger partial charge in [0.05, 0.1) is 0 Å². The van der Waals surface area contributed by atoms with Crippen LogP contribution in [-0.4, -0.2) is 25.1 Å². The van der Waals surface area contributed by atoms with Crippen LogP contribution in [0.4, 0.5) is 0 Å². The van der Waals surface area contributed by atoms with E-state index in [2.05, 4.69) is 9.97 Å². The molecule has 0 fully saturated rings. The lowest BCUT2D eigenvalue weighted by Crippen LogP contribution is -2.31. The van der Waals surface area contributed by atoms with Gasteiger partial charge in [-0.15, -0.1) is 0 Å². The third-order valence-electron chi connectivity index (χ3n) is 3.72. The Morgan fingerprint density at radius 2 is 2.08 bits per heavy atom. The molecule has 1 N–H and O–H groups in total. The first-order valence-electron chi connectivity index (χ1n) is 8.14. The van der Waals surface area contributed by atoms with Crippen LogP contribution >= 0.6 is 0 Å². The van der Waals surface area contributed by atoms with Crippen LogP contribution in [0, 0.1) is 0 Å². The SMILES string of the molecule is C/C=C/C=C/C(=O)OCc1nc2c(c(=O)[nH]c(=O)n2CCCC)n1C. The van der Waals surface area contributed by atoms with E-state index in [0.717, 1.165) is 12.8 Å². The highest BCUT2D eigenvalue weighted by molar-refractivity contribution is 5.82. The topological polar surface area (TPSA) is 99.0 Å². The van der Waals surface area contributed by atoms with E-state index in [-0.39, 0.29) is 12.1 Å². The van der Waals surface area contributed by atoms with Crippen LogP contribution in [0.3, 0.4) is 0 Å². The first-order valence-corrected chi connectivity index (χ1v) is 8.14. The monoisotopic (exact) mass is 346 g/mol. The predicted molar refractivity (Wildman–Crippen MR) is 94.3 cm³/mol. The van der Waals surface area contributed by atoms with Crippen molar-refractivity contribution in [3.8, 4) is 0 Å². The molecule has 2 aromatic rings. The zero-order valence-electron chi connectivity index (χ0n) is 14.6. The number of allylic oxidation sites excluding steroid dienone is 3. The van der Waals surface area contributed by atoms with E-state index in [1.807, 2.05) is 13.8 Å². The lowest BCUT2D eigenvalue weighted by Gasteiger charge is -2.04. The summed E-state index contributed by atoms with van der Waals surface area (Å²) in [5.74, 6) is -0.119. The molecule has 0 amide bonds. The number of nitrogens with zero attached hydrogens (tertiary/aromatic N) is 3. The van der Waals surface area contributed by atoms with Crippen LogP contribution < -0.4 is 11.2 Å². The van der Waals surface area contributed by atoms with E-state index in [9.17, 15) is 14.4 Å². The molecule has 2 heterocycles. The fourth-order valence-electron chi connectivity index (χ4n) is 2.37. The summed E-state index contributed by atoms with van der Waals surface area (Å²) in [6.07, 6.45) is 8.07. The minimum Gasteiger partial charge on any atom is -0.454 e. The van der Waals surface area contributed by atoms with Gasteiger partial charge in [-0.25, -0.2) is 14.6 Å². The first-order chi connectivity index (χ1) is 12.0. The van der Waals surface area contributed by atoms with Crippen molar-refractivity contribution in [2.24, 2.45) is 7.05 Å². The summed E-state index contributed by atoms with van der Waals surface area (Å²) in [5.41, 5.74) is -0.401. The molecule has 0 spiro atoms. The number of aromatic nitrogens is 4. The van der Waals surface area contributed by atoms with E-state index in [1.54, 1.807) is 29.8 Å².